The Morgan fingerprint density at radius 2 is 2.19 bits per heavy atom. The van der Waals surface area contributed by atoms with E-state index >= 15 is 0 Å². The molecule has 7 nitrogen and oxygen atoms in total. The van der Waals surface area contributed by atoms with E-state index in [9.17, 15) is 20.0 Å². The number of rotatable bonds is 5. The largest absolute Gasteiger partial charge is 0.478 e. The molecule has 1 aromatic carbocycles. The lowest BCUT2D eigenvalue weighted by atomic mass is 10.1. The monoisotopic (exact) mass is 288 g/mol. The highest BCUT2D eigenvalue weighted by Crippen LogP contribution is 2.37. The third-order valence-corrected chi connectivity index (χ3v) is 3.45. The fraction of sp³-hybridized carbons (Fsp3) is 0.286. The van der Waals surface area contributed by atoms with E-state index < -0.39 is 17.0 Å². The van der Waals surface area contributed by atoms with E-state index in [-0.39, 0.29) is 17.4 Å². The Hall–Kier alpha value is -2.70. The maximum Gasteiger partial charge on any atom is 0.345 e. The van der Waals surface area contributed by atoms with Gasteiger partial charge in [-0.1, -0.05) is 0 Å². The molecule has 0 radical (unpaired) electrons. The molecular formula is C14H12N2O5. The van der Waals surface area contributed by atoms with Crippen molar-refractivity contribution < 1.29 is 19.6 Å². The fourth-order valence-electron chi connectivity index (χ4n) is 2.27. The van der Waals surface area contributed by atoms with E-state index in [0.29, 0.717) is 10.9 Å². The number of aliphatic carboxylic acids is 1. The highest BCUT2D eigenvalue weighted by molar-refractivity contribution is 5.92. The van der Waals surface area contributed by atoms with Crippen molar-refractivity contribution in [2.75, 3.05) is 0 Å². The Kier molecular flexibility index (Phi) is 3.17. The minimum absolute atomic E-state index is 0.00328. The van der Waals surface area contributed by atoms with Gasteiger partial charge in [-0.05, 0) is 31.0 Å². The zero-order chi connectivity index (χ0) is 15.0. The lowest BCUT2D eigenvalue weighted by Crippen LogP contribution is -2.29. The second kappa shape index (κ2) is 5.01. The number of nitro benzene ring substituents is 1. The van der Waals surface area contributed by atoms with Crippen LogP contribution in [-0.4, -0.2) is 27.1 Å². The van der Waals surface area contributed by atoms with Crippen LogP contribution in [0.2, 0.25) is 0 Å². The first-order valence-corrected chi connectivity index (χ1v) is 6.49. The number of carbonyl (C=O) groups is 1. The molecule has 21 heavy (non-hydrogen) atoms. The summed E-state index contributed by atoms with van der Waals surface area (Å²) in [6.45, 7) is 0. The van der Waals surface area contributed by atoms with Gasteiger partial charge in [-0.2, -0.15) is 0 Å². The number of pyridine rings is 1. The molecule has 1 atom stereocenters. The van der Waals surface area contributed by atoms with Crippen molar-refractivity contribution in [2.24, 2.45) is 5.92 Å². The van der Waals surface area contributed by atoms with Gasteiger partial charge >= 0.3 is 5.97 Å². The van der Waals surface area contributed by atoms with Gasteiger partial charge in [-0.25, -0.2) is 4.79 Å². The van der Waals surface area contributed by atoms with Crippen LogP contribution in [0.1, 0.15) is 12.8 Å². The summed E-state index contributed by atoms with van der Waals surface area (Å²) in [5, 5.41) is 20.6. The molecule has 7 heteroatoms. The van der Waals surface area contributed by atoms with E-state index in [1.54, 1.807) is 12.1 Å². The lowest BCUT2D eigenvalue weighted by Gasteiger charge is -2.15. The number of hydrogen-bond acceptors (Lipinski definition) is 5. The standard InChI is InChI=1S/C14H12N2O5/c17-14(18)13(8-3-4-8)21-11-6-5-10(16(19)20)9-2-1-7-15-12(9)11/h1-2,5-8,13H,3-4H2,(H,17,18). The predicted molar refractivity (Wildman–Crippen MR) is 73.2 cm³/mol. The molecule has 1 heterocycles. The summed E-state index contributed by atoms with van der Waals surface area (Å²) in [6.07, 6.45) is 2.19. The molecule has 0 amide bonds. The smallest absolute Gasteiger partial charge is 0.345 e. The summed E-state index contributed by atoms with van der Waals surface area (Å²) in [6, 6.07) is 5.88. The van der Waals surface area contributed by atoms with Gasteiger partial charge in [0.1, 0.15) is 11.3 Å². The van der Waals surface area contributed by atoms with E-state index in [0.717, 1.165) is 12.8 Å². The number of carboxylic acids is 1. The SMILES string of the molecule is O=C(O)C(Oc1ccc([N+](=O)[O-])c2cccnc12)C1CC1. The first kappa shape index (κ1) is 13.3. The first-order valence-electron chi connectivity index (χ1n) is 6.49. The average Bonchev–Trinajstić information content (AvgIpc) is 3.28. The van der Waals surface area contributed by atoms with Crippen LogP contribution in [0.25, 0.3) is 10.9 Å². The Morgan fingerprint density at radius 3 is 2.81 bits per heavy atom. The zero-order valence-corrected chi connectivity index (χ0v) is 10.9. The van der Waals surface area contributed by atoms with Crippen LogP contribution in [0.5, 0.6) is 5.75 Å². The summed E-state index contributed by atoms with van der Waals surface area (Å²) in [7, 11) is 0. The summed E-state index contributed by atoms with van der Waals surface area (Å²) in [4.78, 5) is 25.9. The van der Waals surface area contributed by atoms with Crippen molar-refractivity contribution in [3.8, 4) is 5.75 Å². The highest BCUT2D eigenvalue weighted by Gasteiger charge is 2.38. The Morgan fingerprint density at radius 1 is 1.43 bits per heavy atom. The second-order valence-corrected chi connectivity index (χ2v) is 4.95. The Balaban J connectivity index is 2.05. The van der Waals surface area contributed by atoms with Crippen LogP contribution in [0.15, 0.2) is 30.5 Å². The van der Waals surface area contributed by atoms with Crippen molar-refractivity contribution in [1.29, 1.82) is 0 Å². The van der Waals surface area contributed by atoms with Gasteiger partial charge in [0.2, 0.25) is 0 Å². The van der Waals surface area contributed by atoms with Crippen molar-refractivity contribution >= 4 is 22.6 Å². The Bertz CT molecular complexity index is 726. The number of benzene rings is 1. The number of fused-ring (bicyclic) bond motifs is 1. The minimum Gasteiger partial charge on any atom is -0.478 e. The van der Waals surface area contributed by atoms with Crippen molar-refractivity contribution in [2.45, 2.75) is 18.9 Å². The van der Waals surface area contributed by atoms with Crippen LogP contribution >= 0.6 is 0 Å². The van der Waals surface area contributed by atoms with Crippen LogP contribution in [0.3, 0.4) is 0 Å². The van der Waals surface area contributed by atoms with Crippen LogP contribution in [-0.2, 0) is 4.79 Å². The molecule has 1 unspecified atom stereocenters. The third kappa shape index (κ3) is 2.49. The normalized spacial score (nSPS) is 15.6. The Labute approximate surface area is 119 Å². The molecule has 1 fully saturated rings. The molecule has 108 valence electrons. The number of nitro groups is 1. The van der Waals surface area contributed by atoms with Gasteiger partial charge in [-0.3, -0.25) is 15.1 Å². The van der Waals surface area contributed by atoms with E-state index in [2.05, 4.69) is 4.98 Å². The van der Waals surface area contributed by atoms with Gasteiger partial charge in [0.15, 0.2) is 6.10 Å². The second-order valence-electron chi connectivity index (χ2n) is 4.95. The van der Waals surface area contributed by atoms with Crippen LogP contribution in [0, 0.1) is 16.0 Å². The average molecular weight is 288 g/mol. The molecule has 1 aromatic heterocycles. The quantitative estimate of drug-likeness (QED) is 0.669. The van der Waals surface area contributed by atoms with E-state index in [4.69, 9.17) is 4.74 Å². The van der Waals surface area contributed by atoms with Gasteiger partial charge in [-0.15, -0.1) is 0 Å². The number of carboxylic acid groups (broad SMARTS) is 1. The predicted octanol–water partition coefficient (Wildman–Crippen LogP) is 2.39. The van der Waals surface area contributed by atoms with Crippen LogP contribution in [0.4, 0.5) is 5.69 Å². The van der Waals surface area contributed by atoms with Gasteiger partial charge in [0, 0.05) is 18.2 Å². The van der Waals surface area contributed by atoms with E-state index in [1.165, 1.54) is 18.3 Å². The van der Waals surface area contributed by atoms with Crippen molar-refractivity contribution in [1.82, 2.24) is 4.98 Å². The number of hydrogen-bond donors (Lipinski definition) is 1. The molecule has 0 aliphatic heterocycles. The van der Waals surface area contributed by atoms with E-state index in [1.807, 2.05) is 0 Å². The number of non-ortho nitro benzene ring substituents is 1. The van der Waals surface area contributed by atoms with Crippen molar-refractivity contribution in [3.63, 3.8) is 0 Å². The third-order valence-electron chi connectivity index (χ3n) is 3.45. The maximum absolute atomic E-state index is 11.2. The lowest BCUT2D eigenvalue weighted by molar-refractivity contribution is -0.383. The van der Waals surface area contributed by atoms with Gasteiger partial charge in [0.25, 0.3) is 5.69 Å². The molecule has 1 aliphatic rings. The number of ether oxygens (including phenoxy) is 1. The molecule has 1 saturated carbocycles. The van der Waals surface area contributed by atoms with Gasteiger partial charge in [0.05, 0.1) is 10.3 Å². The summed E-state index contributed by atoms with van der Waals surface area (Å²) in [5.41, 5.74) is 0.224. The molecule has 3 rings (SSSR count). The maximum atomic E-state index is 11.2. The summed E-state index contributed by atoms with van der Waals surface area (Å²) in [5.74, 6) is -0.771. The number of aromatic nitrogens is 1. The van der Waals surface area contributed by atoms with Gasteiger partial charge < -0.3 is 9.84 Å². The van der Waals surface area contributed by atoms with Crippen molar-refractivity contribution in [3.05, 3.63) is 40.6 Å². The molecule has 2 aromatic rings. The first-order chi connectivity index (χ1) is 10.1. The fourth-order valence-corrected chi connectivity index (χ4v) is 2.27. The van der Waals surface area contributed by atoms with Crippen LogP contribution < -0.4 is 4.74 Å². The minimum atomic E-state index is -1.03. The molecule has 1 N–H and O–H groups in total. The molecule has 0 spiro atoms. The number of nitrogens with zero attached hydrogens (tertiary/aromatic N) is 2. The summed E-state index contributed by atoms with van der Waals surface area (Å²) < 4.78 is 5.56. The molecule has 0 bridgehead atoms. The summed E-state index contributed by atoms with van der Waals surface area (Å²) >= 11 is 0. The molecular weight excluding hydrogens is 276 g/mol. The topological polar surface area (TPSA) is 103 Å². The zero-order valence-electron chi connectivity index (χ0n) is 10.9. The molecule has 0 saturated heterocycles. The highest BCUT2D eigenvalue weighted by atomic mass is 16.6. The molecule has 1 aliphatic carbocycles.